The van der Waals surface area contributed by atoms with E-state index >= 15 is 0 Å². The largest absolute Gasteiger partial charge is 0.490 e. The third-order valence-corrected chi connectivity index (χ3v) is 4.18. The minimum atomic E-state index is -0.179. The molecule has 0 aromatic heterocycles. The van der Waals surface area contributed by atoms with Gasteiger partial charge in [0, 0.05) is 17.6 Å². The Morgan fingerprint density at radius 2 is 1.94 bits per heavy atom. The number of benzene rings is 1. The summed E-state index contributed by atoms with van der Waals surface area (Å²) in [4.78, 5) is 0. The second-order valence-electron chi connectivity index (χ2n) is 5.57. The Balaban J connectivity index is 1.71. The molecule has 2 nitrogen and oxygen atoms in total. The molecule has 1 N–H and O–H groups in total. The van der Waals surface area contributed by atoms with E-state index in [1.54, 1.807) is 13.0 Å². The lowest BCUT2D eigenvalue weighted by molar-refractivity contribution is 0.0918. The third-order valence-electron chi connectivity index (χ3n) is 4.18. The molecule has 0 aliphatic carbocycles. The molecule has 2 heterocycles. The van der Waals surface area contributed by atoms with Crippen LogP contribution in [0.4, 0.5) is 4.39 Å². The van der Waals surface area contributed by atoms with E-state index in [4.69, 9.17) is 4.74 Å². The molecule has 2 aliphatic rings. The van der Waals surface area contributed by atoms with E-state index < -0.39 is 0 Å². The molecule has 0 amide bonds. The summed E-state index contributed by atoms with van der Waals surface area (Å²) in [7, 11) is 0. The van der Waals surface area contributed by atoms with Gasteiger partial charge in [-0.1, -0.05) is 12.5 Å². The van der Waals surface area contributed by atoms with E-state index in [0.717, 1.165) is 12.8 Å². The van der Waals surface area contributed by atoms with Gasteiger partial charge in [0.25, 0.3) is 0 Å². The molecule has 2 saturated heterocycles. The van der Waals surface area contributed by atoms with E-state index in [1.807, 2.05) is 6.07 Å². The molecule has 2 aliphatic heterocycles. The van der Waals surface area contributed by atoms with Crippen LogP contribution in [-0.4, -0.2) is 18.2 Å². The molecule has 0 spiro atoms. The molecule has 2 atom stereocenters. The van der Waals surface area contributed by atoms with Crippen molar-refractivity contribution in [2.45, 2.75) is 57.2 Å². The number of piperidine rings is 2. The first-order valence-electron chi connectivity index (χ1n) is 6.90. The van der Waals surface area contributed by atoms with E-state index in [2.05, 4.69) is 5.32 Å². The summed E-state index contributed by atoms with van der Waals surface area (Å²) in [6.07, 6.45) is 6.16. The molecule has 0 radical (unpaired) electrons. The van der Waals surface area contributed by atoms with Crippen molar-refractivity contribution in [3.63, 3.8) is 0 Å². The Morgan fingerprint density at radius 1 is 1.22 bits per heavy atom. The average Bonchev–Trinajstić information content (AvgIpc) is 2.35. The highest BCUT2D eigenvalue weighted by molar-refractivity contribution is 5.33. The molecule has 2 fully saturated rings. The van der Waals surface area contributed by atoms with Gasteiger partial charge in [0.05, 0.1) is 0 Å². The van der Waals surface area contributed by atoms with Gasteiger partial charge in [0.2, 0.25) is 0 Å². The summed E-state index contributed by atoms with van der Waals surface area (Å²) >= 11 is 0. The molecule has 3 rings (SSSR count). The van der Waals surface area contributed by atoms with Gasteiger partial charge in [-0.15, -0.1) is 0 Å². The molecule has 2 bridgehead atoms. The van der Waals surface area contributed by atoms with Crippen LogP contribution in [0.3, 0.4) is 0 Å². The van der Waals surface area contributed by atoms with Crippen LogP contribution in [0, 0.1) is 12.7 Å². The van der Waals surface area contributed by atoms with E-state index in [9.17, 15) is 4.39 Å². The van der Waals surface area contributed by atoms with Crippen LogP contribution in [0.1, 0.15) is 37.7 Å². The molecule has 1 aromatic carbocycles. The van der Waals surface area contributed by atoms with Crippen LogP contribution in [-0.2, 0) is 0 Å². The highest BCUT2D eigenvalue weighted by atomic mass is 19.1. The fourth-order valence-corrected chi connectivity index (χ4v) is 3.20. The fourth-order valence-electron chi connectivity index (χ4n) is 3.20. The normalized spacial score (nSPS) is 31.1. The van der Waals surface area contributed by atoms with E-state index in [-0.39, 0.29) is 11.9 Å². The van der Waals surface area contributed by atoms with Crippen molar-refractivity contribution in [3.8, 4) is 5.75 Å². The van der Waals surface area contributed by atoms with Crippen molar-refractivity contribution < 1.29 is 9.13 Å². The predicted octanol–water partition coefficient (Wildman–Crippen LogP) is 3.19. The number of rotatable bonds is 2. The quantitative estimate of drug-likeness (QED) is 0.869. The topological polar surface area (TPSA) is 21.3 Å². The number of ether oxygens (including phenoxy) is 1. The van der Waals surface area contributed by atoms with Crippen LogP contribution in [0.15, 0.2) is 18.2 Å². The van der Waals surface area contributed by atoms with Crippen molar-refractivity contribution in [3.05, 3.63) is 29.6 Å². The second kappa shape index (κ2) is 4.88. The Labute approximate surface area is 108 Å². The van der Waals surface area contributed by atoms with Gasteiger partial charge < -0.3 is 10.1 Å². The van der Waals surface area contributed by atoms with Gasteiger partial charge in [-0.3, -0.25) is 0 Å². The summed E-state index contributed by atoms with van der Waals surface area (Å²) in [6.45, 7) is 1.78. The smallest absolute Gasteiger partial charge is 0.129 e. The zero-order chi connectivity index (χ0) is 12.5. The first kappa shape index (κ1) is 12.0. The Hall–Kier alpha value is -1.09. The lowest BCUT2D eigenvalue weighted by atomic mass is 9.85. The zero-order valence-corrected chi connectivity index (χ0v) is 10.8. The van der Waals surface area contributed by atoms with Gasteiger partial charge in [-0.05, 0) is 44.7 Å². The van der Waals surface area contributed by atoms with Gasteiger partial charge >= 0.3 is 0 Å². The molecule has 2 unspecified atom stereocenters. The molecular weight excluding hydrogens is 229 g/mol. The van der Waals surface area contributed by atoms with Crippen LogP contribution in [0.25, 0.3) is 0 Å². The van der Waals surface area contributed by atoms with E-state index in [0.29, 0.717) is 23.4 Å². The van der Waals surface area contributed by atoms with Crippen molar-refractivity contribution >= 4 is 0 Å². The standard InChI is InChI=1S/C15H20FNO/c1-10-14(16)6-3-7-15(10)18-13-8-11-4-2-5-12(9-13)17-11/h3,6-7,11-13,17H,2,4-5,8-9H2,1H3. The van der Waals surface area contributed by atoms with Crippen LogP contribution in [0.5, 0.6) is 5.75 Å². The maximum atomic E-state index is 13.5. The van der Waals surface area contributed by atoms with Crippen molar-refractivity contribution in [2.24, 2.45) is 0 Å². The highest BCUT2D eigenvalue weighted by Crippen LogP contribution is 2.30. The van der Waals surface area contributed by atoms with Gasteiger partial charge in [0.1, 0.15) is 17.7 Å². The maximum Gasteiger partial charge on any atom is 0.129 e. The van der Waals surface area contributed by atoms with Crippen molar-refractivity contribution in [1.82, 2.24) is 5.32 Å². The maximum absolute atomic E-state index is 13.5. The van der Waals surface area contributed by atoms with Gasteiger partial charge in [0.15, 0.2) is 0 Å². The minimum Gasteiger partial charge on any atom is -0.490 e. The number of fused-ring (bicyclic) bond motifs is 2. The van der Waals surface area contributed by atoms with Crippen LogP contribution >= 0.6 is 0 Å². The Kier molecular flexibility index (Phi) is 3.25. The Morgan fingerprint density at radius 3 is 2.67 bits per heavy atom. The summed E-state index contributed by atoms with van der Waals surface area (Å²) in [5.74, 6) is 0.529. The number of hydrogen-bond acceptors (Lipinski definition) is 2. The van der Waals surface area contributed by atoms with Crippen molar-refractivity contribution in [1.29, 1.82) is 0 Å². The minimum absolute atomic E-state index is 0.179. The Bertz CT molecular complexity index is 423. The molecular formula is C15H20FNO. The number of nitrogens with one attached hydrogen (secondary N) is 1. The molecule has 1 aromatic rings. The first-order chi connectivity index (χ1) is 8.72. The van der Waals surface area contributed by atoms with Gasteiger partial charge in [-0.2, -0.15) is 0 Å². The molecule has 3 heteroatoms. The van der Waals surface area contributed by atoms with Crippen LogP contribution < -0.4 is 10.1 Å². The molecule has 98 valence electrons. The van der Waals surface area contributed by atoms with Crippen LogP contribution in [0.2, 0.25) is 0 Å². The monoisotopic (exact) mass is 249 g/mol. The first-order valence-corrected chi connectivity index (χ1v) is 6.90. The zero-order valence-electron chi connectivity index (χ0n) is 10.8. The summed E-state index contributed by atoms with van der Waals surface area (Å²) < 4.78 is 19.5. The SMILES string of the molecule is Cc1c(F)cccc1OC1CC2CCCC(C1)N2. The number of halogens is 1. The average molecular weight is 249 g/mol. The fraction of sp³-hybridized carbons (Fsp3) is 0.600. The highest BCUT2D eigenvalue weighted by Gasteiger charge is 2.32. The predicted molar refractivity (Wildman–Crippen MR) is 69.3 cm³/mol. The lowest BCUT2D eigenvalue weighted by Gasteiger charge is -2.40. The van der Waals surface area contributed by atoms with Crippen molar-refractivity contribution in [2.75, 3.05) is 0 Å². The van der Waals surface area contributed by atoms with Gasteiger partial charge in [-0.25, -0.2) is 4.39 Å². The lowest BCUT2D eigenvalue weighted by Crippen LogP contribution is -2.51. The second-order valence-corrected chi connectivity index (χ2v) is 5.57. The summed E-state index contributed by atoms with van der Waals surface area (Å²) in [5.41, 5.74) is 0.626. The number of hydrogen-bond donors (Lipinski definition) is 1. The van der Waals surface area contributed by atoms with E-state index in [1.165, 1.54) is 25.3 Å². The summed E-state index contributed by atoms with van der Waals surface area (Å²) in [5, 5.41) is 3.64. The third kappa shape index (κ3) is 2.37. The molecule has 0 saturated carbocycles. The molecule has 18 heavy (non-hydrogen) atoms. The summed E-state index contributed by atoms with van der Waals surface area (Å²) in [6, 6.07) is 6.27.